The lowest BCUT2D eigenvalue weighted by Crippen LogP contribution is -2.42. The molecule has 2 aromatic rings. The van der Waals surface area contributed by atoms with Gasteiger partial charge in [0.25, 0.3) is 5.91 Å². The van der Waals surface area contributed by atoms with E-state index in [2.05, 4.69) is 42.2 Å². The third-order valence-electron chi connectivity index (χ3n) is 6.01. The van der Waals surface area contributed by atoms with Gasteiger partial charge in [-0.05, 0) is 67.9 Å². The van der Waals surface area contributed by atoms with Gasteiger partial charge in [0.15, 0.2) is 0 Å². The first-order valence-corrected chi connectivity index (χ1v) is 11.2. The predicted molar refractivity (Wildman–Crippen MR) is 118 cm³/mol. The number of halogens is 1. The Hall–Kier alpha value is -1.80. The fourth-order valence-electron chi connectivity index (χ4n) is 4.36. The molecule has 0 aliphatic heterocycles. The van der Waals surface area contributed by atoms with Crippen LogP contribution in [0.15, 0.2) is 54.6 Å². The van der Waals surface area contributed by atoms with Gasteiger partial charge in [-0.1, -0.05) is 68.1 Å². The minimum absolute atomic E-state index is 0.163. The molecular formula is C25H32ClNO. The number of carbonyl (C=O) groups excluding carboxylic acids is 1. The second-order valence-electron chi connectivity index (χ2n) is 7.98. The summed E-state index contributed by atoms with van der Waals surface area (Å²) in [6, 6.07) is 18.5. The summed E-state index contributed by atoms with van der Waals surface area (Å²) in [7, 11) is 0. The van der Waals surface area contributed by atoms with Crippen molar-refractivity contribution in [2.75, 3.05) is 6.54 Å². The summed E-state index contributed by atoms with van der Waals surface area (Å²) in [5.41, 5.74) is 2.20. The molecule has 0 atom stereocenters. The van der Waals surface area contributed by atoms with E-state index in [0.29, 0.717) is 17.0 Å². The van der Waals surface area contributed by atoms with Crippen LogP contribution in [0.25, 0.3) is 0 Å². The van der Waals surface area contributed by atoms with Crippen molar-refractivity contribution in [3.05, 3.63) is 70.7 Å². The zero-order valence-electron chi connectivity index (χ0n) is 16.9. The van der Waals surface area contributed by atoms with E-state index in [0.717, 1.165) is 44.2 Å². The molecule has 0 N–H and O–H groups in total. The molecule has 1 aliphatic rings. The van der Waals surface area contributed by atoms with Crippen LogP contribution in [0, 0.1) is 0 Å². The molecule has 0 radical (unpaired) electrons. The number of hydrogen-bond acceptors (Lipinski definition) is 1. The molecule has 150 valence electrons. The molecule has 0 heterocycles. The number of nitrogens with zero attached hydrogens (tertiary/aromatic N) is 1. The molecule has 28 heavy (non-hydrogen) atoms. The smallest absolute Gasteiger partial charge is 0.254 e. The van der Waals surface area contributed by atoms with Crippen molar-refractivity contribution in [2.45, 2.75) is 70.3 Å². The van der Waals surface area contributed by atoms with E-state index in [9.17, 15) is 4.79 Å². The summed E-state index contributed by atoms with van der Waals surface area (Å²) in [5, 5.41) is 0.675. The molecule has 2 aromatic carbocycles. The van der Waals surface area contributed by atoms with Gasteiger partial charge >= 0.3 is 0 Å². The molecule has 3 rings (SSSR count). The Kier molecular flexibility index (Phi) is 7.97. The molecule has 0 aromatic heterocycles. The highest BCUT2D eigenvalue weighted by atomic mass is 35.5. The van der Waals surface area contributed by atoms with Crippen molar-refractivity contribution >= 4 is 17.5 Å². The molecule has 3 heteroatoms. The maximum Gasteiger partial charge on any atom is 0.254 e. The average Bonchev–Trinajstić information content (AvgIpc) is 2.75. The van der Waals surface area contributed by atoms with Crippen molar-refractivity contribution in [3.63, 3.8) is 0 Å². The van der Waals surface area contributed by atoms with Crippen LogP contribution in [-0.2, 0) is 0 Å². The molecule has 0 spiro atoms. The zero-order chi connectivity index (χ0) is 19.8. The lowest BCUT2D eigenvalue weighted by Gasteiger charge is -2.37. The molecule has 1 aliphatic carbocycles. The van der Waals surface area contributed by atoms with Crippen LogP contribution < -0.4 is 0 Å². The summed E-state index contributed by atoms with van der Waals surface area (Å²) >= 11 is 6.01. The van der Waals surface area contributed by atoms with Crippen molar-refractivity contribution in [1.29, 1.82) is 0 Å². The standard InChI is InChI=1S/C25H32ClNO/c1-2-3-4-8-19-27(25(28)22-11-15-23(26)16-12-22)24-17-13-21(14-18-24)20-9-6-5-7-10-20/h5-7,9-12,15-16,21,24H,2-4,8,13-14,17-19H2,1H3. The van der Waals surface area contributed by atoms with Gasteiger partial charge in [-0.25, -0.2) is 0 Å². The van der Waals surface area contributed by atoms with Gasteiger partial charge in [-0.15, -0.1) is 0 Å². The van der Waals surface area contributed by atoms with E-state index in [4.69, 9.17) is 11.6 Å². The van der Waals surface area contributed by atoms with Crippen LogP contribution in [0.1, 0.15) is 80.1 Å². The monoisotopic (exact) mass is 397 g/mol. The van der Waals surface area contributed by atoms with Gasteiger partial charge in [0, 0.05) is 23.2 Å². The highest BCUT2D eigenvalue weighted by Crippen LogP contribution is 2.35. The fraction of sp³-hybridized carbons (Fsp3) is 0.480. The lowest BCUT2D eigenvalue weighted by atomic mass is 9.81. The summed E-state index contributed by atoms with van der Waals surface area (Å²) in [6.07, 6.45) is 9.24. The van der Waals surface area contributed by atoms with Crippen LogP contribution in [-0.4, -0.2) is 23.4 Å². The van der Waals surface area contributed by atoms with Crippen LogP contribution in [0.4, 0.5) is 0 Å². The summed E-state index contributed by atoms with van der Waals surface area (Å²) < 4.78 is 0. The second-order valence-corrected chi connectivity index (χ2v) is 8.42. The van der Waals surface area contributed by atoms with Gasteiger partial charge in [0.1, 0.15) is 0 Å². The van der Waals surface area contributed by atoms with Gasteiger partial charge in [-0.3, -0.25) is 4.79 Å². The van der Waals surface area contributed by atoms with Crippen LogP contribution in [0.2, 0.25) is 5.02 Å². The molecule has 0 bridgehead atoms. The van der Waals surface area contributed by atoms with Crippen molar-refractivity contribution in [1.82, 2.24) is 4.90 Å². The maximum absolute atomic E-state index is 13.3. The maximum atomic E-state index is 13.3. The molecule has 1 saturated carbocycles. The fourth-order valence-corrected chi connectivity index (χ4v) is 4.49. The lowest BCUT2D eigenvalue weighted by molar-refractivity contribution is 0.0621. The minimum Gasteiger partial charge on any atom is -0.336 e. The molecule has 1 amide bonds. The van der Waals surface area contributed by atoms with E-state index in [-0.39, 0.29) is 5.91 Å². The second kappa shape index (κ2) is 10.7. The Bertz CT molecular complexity index is 720. The number of carbonyl (C=O) groups is 1. The van der Waals surface area contributed by atoms with Crippen molar-refractivity contribution < 1.29 is 4.79 Å². The normalized spacial score (nSPS) is 19.4. The Morgan fingerprint density at radius 3 is 2.25 bits per heavy atom. The predicted octanol–water partition coefficient (Wildman–Crippen LogP) is 7.09. The first-order chi connectivity index (χ1) is 13.7. The van der Waals surface area contributed by atoms with E-state index in [1.165, 1.54) is 24.8 Å². The molecule has 1 fully saturated rings. The highest BCUT2D eigenvalue weighted by Gasteiger charge is 2.29. The first-order valence-electron chi connectivity index (χ1n) is 10.8. The number of unbranched alkanes of at least 4 members (excludes halogenated alkanes) is 3. The number of rotatable bonds is 8. The minimum atomic E-state index is 0.163. The highest BCUT2D eigenvalue weighted by molar-refractivity contribution is 6.30. The Morgan fingerprint density at radius 2 is 1.61 bits per heavy atom. The van der Waals surface area contributed by atoms with Gasteiger partial charge < -0.3 is 4.90 Å². The van der Waals surface area contributed by atoms with E-state index >= 15 is 0 Å². The summed E-state index contributed by atoms with van der Waals surface area (Å²) in [4.78, 5) is 15.4. The molecular weight excluding hydrogens is 366 g/mol. The largest absolute Gasteiger partial charge is 0.336 e. The summed E-state index contributed by atoms with van der Waals surface area (Å²) in [6.45, 7) is 3.09. The Balaban J connectivity index is 1.66. The Morgan fingerprint density at radius 1 is 0.929 bits per heavy atom. The third-order valence-corrected chi connectivity index (χ3v) is 6.27. The summed E-state index contributed by atoms with van der Waals surface area (Å²) in [5.74, 6) is 0.793. The average molecular weight is 398 g/mol. The molecule has 0 unspecified atom stereocenters. The van der Waals surface area contributed by atoms with Crippen LogP contribution in [0.5, 0.6) is 0 Å². The van der Waals surface area contributed by atoms with Gasteiger partial charge in [0.2, 0.25) is 0 Å². The van der Waals surface area contributed by atoms with Crippen molar-refractivity contribution in [3.8, 4) is 0 Å². The number of amides is 1. The molecule has 0 saturated heterocycles. The zero-order valence-corrected chi connectivity index (χ0v) is 17.7. The SMILES string of the molecule is CCCCCCN(C(=O)c1ccc(Cl)cc1)C1CCC(c2ccccc2)CC1. The van der Waals surface area contributed by atoms with Crippen LogP contribution >= 0.6 is 11.6 Å². The quantitative estimate of drug-likeness (QED) is 0.435. The third kappa shape index (κ3) is 5.61. The van der Waals surface area contributed by atoms with E-state index < -0.39 is 0 Å². The van der Waals surface area contributed by atoms with E-state index in [1.807, 2.05) is 24.3 Å². The number of benzene rings is 2. The van der Waals surface area contributed by atoms with Crippen LogP contribution in [0.3, 0.4) is 0 Å². The first kappa shape index (κ1) is 20.9. The molecule has 2 nitrogen and oxygen atoms in total. The van der Waals surface area contributed by atoms with Gasteiger partial charge in [0.05, 0.1) is 0 Å². The topological polar surface area (TPSA) is 20.3 Å². The number of hydrogen-bond donors (Lipinski definition) is 0. The van der Waals surface area contributed by atoms with Crippen molar-refractivity contribution in [2.24, 2.45) is 0 Å². The Labute approximate surface area is 174 Å². The van der Waals surface area contributed by atoms with Gasteiger partial charge in [-0.2, -0.15) is 0 Å². The van der Waals surface area contributed by atoms with E-state index in [1.54, 1.807) is 0 Å².